The summed E-state index contributed by atoms with van der Waals surface area (Å²) >= 11 is 5.80. The third-order valence-corrected chi connectivity index (χ3v) is 5.28. The molecule has 1 aromatic rings. The molecule has 0 spiro atoms. The molecule has 112 valence electrons. The van der Waals surface area contributed by atoms with Crippen molar-refractivity contribution in [2.45, 2.75) is 25.2 Å². The highest BCUT2D eigenvalue weighted by atomic mass is 35.5. The lowest BCUT2D eigenvalue weighted by Crippen LogP contribution is -2.31. The van der Waals surface area contributed by atoms with E-state index in [9.17, 15) is 13.2 Å². The van der Waals surface area contributed by atoms with Gasteiger partial charge in [-0.2, -0.15) is 0 Å². The smallest absolute Gasteiger partial charge is 0.337 e. The summed E-state index contributed by atoms with van der Waals surface area (Å²) in [7, 11) is -2.15. The van der Waals surface area contributed by atoms with E-state index in [4.69, 9.17) is 16.7 Å². The molecule has 0 heterocycles. The second-order valence-corrected chi connectivity index (χ2v) is 7.20. The molecule has 20 heavy (non-hydrogen) atoms. The highest BCUT2D eigenvalue weighted by Gasteiger charge is 2.23. The van der Waals surface area contributed by atoms with Gasteiger partial charge >= 0.3 is 5.97 Å². The van der Waals surface area contributed by atoms with Crippen molar-refractivity contribution in [1.82, 2.24) is 4.31 Å². The lowest BCUT2D eigenvalue weighted by molar-refractivity contribution is 0.0697. The number of halogens is 1. The normalized spacial score (nSPS) is 13.4. The van der Waals surface area contributed by atoms with E-state index in [1.54, 1.807) is 0 Å². The maximum Gasteiger partial charge on any atom is 0.337 e. The van der Waals surface area contributed by atoms with Crippen molar-refractivity contribution in [3.63, 3.8) is 0 Å². The van der Waals surface area contributed by atoms with Crippen LogP contribution in [0.4, 0.5) is 0 Å². The van der Waals surface area contributed by atoms with Gasteiger partial charge in [-0.15, -0.1) is 0 Å². The number of hydrogen-bond acceptors (Lipinski definition) is 3. The zero-order valence-electron chi connectivity index (χ0n) is 11.6. The summed E-state index contributed by atoms with van der Waals surface area (Å²) in [6, 6.07) is 3.64. The number of sulfonamides is 1. The van der Waals surface area contributed by atoms with Crippen molar-refractivity contribution < 1.29 is 18.3 Å². The predicted molar refractivity (Wildman–Crippen MR) is 77.7 cm³/mol. The molecule has 1 atom stereocenters. The number of carbonyl (C=O) groups is 1. The quantitative estimate of drug-likeness (QED) is 0.874. The molecule has 0 aromatic heterocycles. The van der Waals surface area contributed by atoms with Gasteiger partial charge in [-0.25, -0.2) is 17.5 Å². The van der Waals surface area contributed by atoms with Crippen molar-refractivity contribution in [2.75, 3.05) is 13.6 Å². The number of carboxylic acid groups (broad SMARTS) is 1. The van der Waals surface area contributed by atoms with E-state index < -0.39 is 16.0 Å². The third-order valence-electron chi connectivity index (χ3n) is 3.14. The van der Waals surface area contributed by atoms with Crippen LogP contribution in [0, 0.1) is 5.92 Å². The summed E-state index contributed by atoms with van der Waals surface area (Å²) in [6.07, 6.45) is 0.874. The van der Waals surface area contributed by atoms with Crippen molar-refractivity contribution in [1.29, 1.82) is 0 Å². The minimum absolute atomic E-state index is 0.00157. The van der Waals surface area contributed by atoms with Gasteiger partial charge in [0.1, 0.15) is 0 Å². The summed E-state index contributed by atoms with van der Waals surface area (Å²) in [5.74, 6) is -0.949. The summed E-state index contributed by atoms with van der Waals surface area (Å²) in [5, 5.41) is 8.79. The highest BCUT2D eigenvalue weighted by Crippen LogP contribution is 2.23. The van der Waals surface area contributed by atoms with Gasteiger partial charge < -0.3 is 5.11 Å². The van der Waals surface area contributed by atoms with Gasteiger partial charge in [0, 0.05) is 13.6 Å². The van der Waals surface area contributed by atoms with Crippen molar-refractivity contribution in [3.8, 4) is 0 Å². The van der Waals surface area contributed by atoms with Crippen LogP contribution in [0.5, 0.6) is 0 Å². The van der Waals surface area contributed by atoms with Crippen LogP contribution in [0.1, 0.15) is 30.6 Å². The van der Waals surface area contributed by atoms with E-state index in [0.29, 0.717) is 6.54 Å². The topological polar surface area (TPSA) is 74.7 Å². The molecule has 0 radical (unpaired) electrons. The molecule has 0 aliphatic carbocycles. The van der Waals surface area contributed by atoms with Crippen molar-refractivity contribution >= 4 is 27.6 Å². The standard InChI is InChI=1S/C13H18ClNO4S/c1-4-9(2)8-15(3)20(18,19)10-5-6-11(13(16)17)12(14)7-10/h5-7,9H,4,8H2,1-3H3,(H,16,17). The average Bonchev–Trinajstić information content (AvgIpc) is 2.37. The van der Waals surface area contributed by atoms with Gasteiger partial charge in [-0.3, -0.25) is 0 Å². The Hall–Kier alpha value is -1.11. The second-order valence-electron chi connectivity index (χ2n) is 4.75. The highest BCUT2D eigenvalue weighted by molar-refractivity contribution is 7.89. The van der Waals surface area contributed by atoms with Gasteiger partial charge in [0.05, 0.1) is 15.5 Å². The maximum absolute atomic E-state index is 12.3. The first kappa shape index (κ1) is 16.9. The molecule has 0 amide bonds. The number of aromatic carboxylic acids is 1. The number of nitrogens with zero attached hydrogens (tertiary/aromatic N) is 1. The zero-order valence-corrected chi connectivity index (χ0v) is 13.2. The molecule has 0 saturated carbocycles. The van der Waals surface area contributed by atoms with Gasteiger partial charge in [0.15, 0.2) is 0 Å². The Kier molecular flexibility index (Phi) is 5.56. The van der Waals surface area contributed by atoms with Crippen LogP contribution in [0.25, 0.3) is 0 Å². The van der Waals surface area contributed by atoms with E-state index >= 15 is 0 Å². The van der Waals surface area contributed by atoms with Crippen LogP contribution >= 0.6 is 11.6 Å². The maximum atomic E-state index is 12.3. The molecular formula is C13H18ClNO4S. The molecule has 0 aliphatic rings. The Morgan fingerprint density at radius 1 is 1.45 bits per heavy atom. The first-order chi connectivity index (χ1) is 9.20. The molecule has 1 aromatic carbocycles. The van der Waals surface area contributed by atoms with Gasteiger partial charge in [0.2, 0.25) is 10.0 Å². The Balaban J connectivity index is 3.10. The molecule has 1 N–H and O–H groups in total. The van der Waals surface area contributed by atoms with Crippen LogP contribution in [-0.4, -0.2) is 37.4 Å². The molecule has 0 fully saturated rings. The number of carboxylic acids is 1. The fourth-order valence-electron chi connectivity index (χ4n) is 1.68. The van der Waals surface area contributed by atoms with E-state index in [2.05, 4.69) is 0 Å². The number of rotatable bonds is 6. The van der Waals surface area contributed by atoms with Crippen LogP contribution < -0.4 is 0 Å². The summed E-state index contributed by atoms with van der Waals surface area (Å²) in [6.45, 7) is 4.35. The van der Waals surface area contributed by atoms with Crippen LogP contribution in [0.15, 0.2) is 23.1 Å². The predicted octanol–water partition coefficient (Wildman–Crippen LogP) is 2.70. The summed E-state index contributed by atoms with van der Waals surface area (Å²) in [4.78, 5) is 10.9. The van der Waals surface area contributed by atoms with E-state index in [0.717, 1.165) is 6.42 Å². The second kappa shape index (κ2) is 6.56. The molecule has 7 heteroatoms. The van der Waals surface area contributed by atoms with Crippen LogP contribution in [0.3, 0.4) is 0 Å². The van der Waals surface area contributed by atoms with Gasteiger partial charge in [-0.05, 0) is 24.1 Å². The summed E-state index contributed by atoms with van der Waals surface area (Å²) in [5.41, 5.74) is -0.116. The van der Waals surface area contributed by atoms with Gasteiger partial charge in [-0.1, -0.05) is 31.9 Å². The molecule has 1 unspecified atom stereocenters. The zero-order chi connectivity index (χ0) is 15.5. The minimum Gasteiger partial charge on any atom is -0.478 e. The molecule has 5 nitrogen and oxygen atoms in total. The molecule has 1 rings (SSSR count). The third kappa shape index (κ3) is 3.71. The van der Waals surface area contributed by atoms with E-state index in [1.165, 1.54) is 29.6 Å². The SMILES string of the molecule is CCC(C)CN(C)S(=O)(=O)c1ccc(C(=O)O)c(Cl)c1. The fourth-order valence-corrected chi connectivity index (χ4v) is 3.32. The fraction of sp³-hybridized carbons (Fsp3) is 0.462. The number of benzene rings is 1. The first-order valence-electron chi connectivity index (χ1n) is 6.19. The molecule has 0 saturated heterocycles. The average molecular weight is 320 g/mol. The van der Waals surface area contributed by atoms with E-state index in [1.807, 2.05) is 13.8 Å². The lowest BCUT2D eigenvalue weighted by atomic mass is 10.1. The Morgan fingerprint density at radius 3 is 2.50 bits per heavy atom. The largest absolute Gasteiger partial charge is 0.478 e. The van der Waals surface area contributed by atoms with Crippen LogP contribution in [-0.2, 0) is 10.0 Å². The number of hydrogen-bond donors (Lipinski definition) is 1. The molecular weight excluding hydrogens is 302 g/mol. The van der Waals surface area contributed by atoms with Gasteiger partial charge in [0.25, 0.3) is 0 Å². The Bertz CT molecular complexity index is 600. The summed E-state index contributed by atoms with van der Waals surface area (Å²) < 4.78 is 25.9. The lowest BCUT2D eigenvalue weighted by Gasteiger charge is -2.20. The van der Waals surface area contributed by atoms with Crippen molar-refractivity contribution in [2.24, 2.45) is 5.92 Å². The molecule has 0 bridgehead atoms. The van der Waals surface area contributed by atoms with Crippen LogP contribution in [0.2, 0.25) is 5.02 Å². The first-order valence-corrected chi connectivity index (χ1v) is 8.01. The molecule has 0 aliphatic heterocycles. The minimum atomic E-state index is -3.65. The Labute approximate surface area is 124 Å². The van der Waals surface area contributed by atoms with Crippen molar-refractivity contribution in [3.05, 3.63) is 28.8 Å². The monoisotopic (exact) mass is 319 g/mol. The van der Waals surface area contributed by atoms with E-state index in [-0.39, 0.29) is 21.4 Å². The Morgan fingerprint density at radius 2 is 2.05 bits per heavy atom.